The zero-order chi connectivity index (χ0) is 17.9. The molecule has 1 aromatic carbocycles. The molecule has 1 fully saturated rings. The molecule has 3 heterocycles. The smallest absolute Gasteiger partial charge is 0.259 e. The maximum absolute atomic E-state index is 13.0. The minimum Gasteiger partial charge on any atom is -0.353 e. The van der Waals surface area contributed by atoms with Gasteiger partial charge in [-0.2, -0.15) is 0 Å². The molecule has 26 heavy (non-hydrogen) atoms. The van der Waals surface area contributed by atoms with Gasteiger partial charge in [0, 0.05) is 44.0 Å². The van der Waals surface area contributed by atoms with E-state index in [-0.39, 0.29) is 5.91 Å². The van der Waals surface area contributed by atoms with Crippen LogP contribution in [0.4, 0.5) is 11.5 Å². The number of para-hydroxylation sites is 1. The summed E-state index contributed by atoms with van der Waals surface area (Å²) in [6, 6.07) is 13.3. The van der Waals surface area contributed by atoms with E-state index in [0.717, 1.165) is 42.9 Å². The van der Waals surface area contributed by atoms with Crippen molar-refractivity contribution in [1.29, 1.82) is 0 Å². The zero-order valence-electron chi connectivity index (χ0n) is 14.7. The second-order valence-corrected chi connectivity index (χ2v) is 6.50. The molecule has 1 amide bonds. The number of fused-ring (bicyclic) bond motifs is 1. The number of benzene rings is 1. The highest BCUT2D eigenvalue weighted by Gasteiger charge is 2.21. The van der Waals surface area contributed by atoms with Crippen molar-refractivity contribution < 1.29 is 4.79 Å². The molecule has 1 N–H and O–H groups in total. The van der Waals surface area contributed by atoms with Crippen LogP contribution in [0.25, 0.3) is 10.9 Å². The molecule has 1 saturated heterocycles. The fourth-order valence-corrected chi connectivity index (χ4v) is 3.24. The summed E-state index contributed by atoms with van der Waals surface area (Å²) in [5, 5.41) is 4.01. The number of nitrogens with zero attached hydrogens (tertiary/aromatic N) is 4. The fraction of sp³-hybridized carbons (Fsp3) is 0.250. The summed E-state index contributed by atoms with van der Waals surface area (Å²) in [4.78, 5) is 26.3. The molecule has 1 aliphatic heterocycles. The van der Waals surface area contributed by atoms with Gasteiger partial charge in [-0.3, -0.25) is 9.78 Å². The molecule has 4 rings (SSSR count). The molecule has 132 valence electrons. The number of nitrogens with one attached hydrogen (secondary N) is 1. The van der Waals surface area contributed by atoms with E-state index in [4.69, 9.17) is 0 Å². The van der Waals surface area contributed by atoms with Gasteiger partial charge >= 0.3 is 0 Å². The summed E-state index contributed by atoms with van der Waals surface area (Å²) in [5.41, 5.74) is 2.08. The first kappa shape index (κ1) is 16.5. The molecule has 2 aromatic heterocycles. The molecule has 6 heteroatoms. The summed E-state index contributed by atoms with van der Waals surface area (Å²) >= 11 is 0. The van der Waals surface area contributed by atoms with Crippen molar-refractivity contribution in [1.82, 2.24) is 14.9 Å². The lowest BCUT2D eigenvalue weighted by molar-refractivity contribution is 0.102. The first-order chi connectivity index (χ1) is 12.7. The van der Waals surface area contributed by atoms with Crippen molar-refractivity contribution in [3.63, 3.8) is 0 Å². The third kappa shape index (κ3) is 3.23. The Balaban J connectivity index is 1.62. The Hall–Kier alpha value is -2.99. The Morgan fingerprint density at radius 1 is 0.962 bits per heavy atom. The lowest BCUT2D eigenvalue weighted by Crippen LogP contribution is -2.45. The highest BCUT2D eigenvalue weighted by atomic mass is 16.1. The van der Waals surface area contributed by atoms with Crippen molar-refractivity contribution in [3.8, 4) is 0 Å². The van der Waals surface area contributed by atoms with Crippen molar-refractivity contribution in [2.45, 2.75) is 0 Å². The molecule has 6 nitrogen and oxygen atoms in total. The van der Waals surface area contributed by atoms with Crippen LogP contribution >= 0.6 is 0 Å². The van der Waals surface area contributed by atoms with Gasteiger partial charge in [-0.1, -0.05) is 18.2 Å². The van der Waals surface area contributed by atoms with E-state index in [1.807, 2.05) is 36.4 Å². The third-order valence-electron chi connectivity index (χ3n) is 4.72. The SMILES string of the molecule is CN1CCN(c2ncccc2C(=O)Nc2cccc3cccnc23)CC1. The van der Waals surface area contributed by atoms with Gasteiger partial charge in [0.15, 0.2) is 0 Å². The van der Waals surface area contributed by atoms with E-state index in [1.165, 1.54) is 0 Å². The summed E-state index contributed by atoms with van der Waals surface area (Å²) in [5.74, 6) is 0.580. The Bertz CT molecular complexity index is 929. The van der Waals surface area contributed by atoms with Crippen LogP contribution in [0.1, 0.15) is 10.4 Å². The number of hydrogen-bond donors (Lipinski definition) is 1. The van der Waals surface area contributed by atoms with Crippen LogP contribution in [0.2, 0.25) is 0 Å². The van der Waals surface area contributed by atoms with Crippen molar-refractivity contribution in [3.05, 3.63) is 60.4 Å². The van der Waals surface area contributed by atoms with Crippen molar-refractivity contribution in [2.24, 2.45) is 0 Å². The maximum atomic E-state index is 13.0. The Labute approximate surface area is 152 Å². The third-order valence-corrected chi connectivity index (χ3v) is 4.72. The number of amides is 1. The standard InChI is InChI=1S/C20H21N5O/c1-24-11-13-25(14-12-24)19-16(7-4-10-22-19)20(26)23-17-8-2-5-15-6-3-9-21-18(15)17/h2-10H,11-14H2,1H3,(H,23,26). The van der Waals surface area contributed by atoms with Crippen LogP contribution in [0.5, 0.6) is 0 Å². The van der Waals surface area contributed by atoms with Gasteiger partial charge in [-0.05, 0) is 31.3 Å². The van der Waals surface area contributed by atoms with E-state index < -0.39 is 0 Å². The van der Waals surface area contributed by atoms with E-state index in [1.54, 1.807) is 18.5 Å². The highest BCUT2D eigenvalue weighted by molar-refractivity contribution is 6.10. The molecule has 1 aliphatic rings. The fourth-order valence-electron chi connectivity index (χ4n) is 3.24. The molecular weight excluding hydrogens is 326 g/mol. The van der Waals surface area contributed by atoms with Crippen LogP contribution < -0.4 is 10.2 Å². The maximum Gasteiger partial charge on any atom is 0.259 e. The summed E-state index contributed by atoms with van der Waals surface area (Å²) in [6.07, 6.45) is 3.47. The zero-order valence-corrected chi connectivity index (χ0v) is 14.7. The van der Waals surface area contributed by atoms with Crippen LogP contribution in [0, 0.1) is 0 Å². The summed E-state index contributed by atoms with van der Waals surface area (Å²) in [7, 11) is 2.11. The molecule has 0 spiro atoms. The Morgan fingerprint density at radius 3 is 2.54 bits per heavy atom. The van der Waals surface area contributed by atoms with Crippen LogP contribution in [-0.2, 0) is 0 Å². The van der Waals surface area contributed by atoms with Crippen molar-refractivity contribution >= 4 is 28.3 Å². The molecule has 0 aliphatic carbocycles. The summed E-state index contributed by atoms with van der Waals surface area (Å²) < 4.78 is 0. The largest absolute Gasteiger partial charge is 0.353 e. The second-order valence-electron chi connectivity index (χ2n) is 6.50. The molecule has 0 unspecified atom stereocenters. The predicted octanol–water partition coefficient (Wildman–Crippen LogP) is 2.63. The van der Waals surface area contributed by atoms with Crippen LogP contribution in [0.15, 0.2) is 54.9 Å². The molecule has 3 aromatic rings. The monoisotopic (exact) mass is 347 g/mol. The van der Waals surface area contributed by atoms with E-state index in [2.05, 4.69) is 32.1 Å². The lowest BCUT2D eigenvalue weighted by Gasteiger charge is -2.34. The van der Waals surface area contributed by atoms with Gasteiger partial charge < -0.3 is 15.1 Å². The quantitative estimate of drug-likeness (QED) is 0.789. The number of aromatic nitrogens is 2. The van der Waals surface area contributed by atoms with Gasteiger partial charge in [0.05, 0.1) is 16.8 Å². The topological polar surface area (TPSA) is 61.4 Å². The molecular formula is C20H21N5O. The van der Waals surface area contributed by atoms with Gasteiger partial charge in [0.25, 0.3) is 5.91 Å². The van der Waals surface area contributed by atoms with Gasteiger partial charge in [-0.25, -0.2) is 4.98 Å². The number of anilines is 2. The van der Waals surface area contributed by atoms with Gasteiger partial charge in [0.1, 0.15) is 5.82 Å². The molecule has 0 atom stereocenters. The van der Waals surface area contributed by atoms with E-state index in [0.29, 0.717) is 11.3 Å². The van der Waals surface area contributed by atoms with Crippen molar-refractivity contribution in [2.75, 3.05) is 43.4 Å². The van der Waals surface area contributed by atoms with Crippen LogP contribution in [0.3, 0.4) is 0 Å². The summed E-state index contributed by atoms with van der Waals surface area (Å²) in [6.45, 7) is 3.66. The number of likely N-dealkylation sites (N-methyl/N-ethyl adjacent to an activating group) is 1. The second kappa shape index (κ2) is 7.09. The number of carbonyl (C=O) groups is 1. The lowest BCUT2D eigenvalue weighted by atomic mass is 10.1. The molecule has 0 bridgehead atoms. The first-order valence-electron chi connectivity index (χ1n) is 8.76. The normalized spacial score (nSPS) is 15.2. The van der Waals surface area contributed by atoms with E-state index >= 15 is 0 Å². The highest BCUT2D eigenvalue weighted by Crippen LogP contribution is 2.24. The number of pyridine rings is 2. The minimum atomic E-state index is -0.162. The number of piperazine rings is 1. The van der Waals surface area contributed by atoms with Crippen LogP contribution in [-0.4, -0.2) is 54.0 Å². The average Bonchev–Trinajstić information content (AvgIpc) is 2.69. The first-order valence-corrected chi connectivity index (χ1v) is 8.76. The average molecular weight is 347 g/mol. The van der Waals surface area contributed by atoms with E-state index in [9.17, 15) is 4.79 Å². The Kier molecular flexibility index (Phi) is 4.50. The number of rotatable bonds is 3. The molecule has 0 saturated carbocycles. The molecule has 0 radical (unpaired) electrons. The predicted molar refractivity (Wildman–Crippen MR) is 104 cm³/mol. The van der Waals surface area contributed by atoms with Gasteiger partial charge in [0.2, 0.25) is 0 Å². The number of hydrogen-bond acceptors (Lipinski definition) is 5. The van der Waals surface area contributed by atoms with Gasteiger partial charge in [-0.15, -0.1) is 0 Å². The Morgan fingerprint density at radius 2 is 1.69 bits per heavy atom. The number of carbonyl (C=O) groups excluding carboxylic acids is 1. The minimum absolute atomic E-state index is 0.162.